The normalized spacial score (nSPS) is 11.0. The van der Waals surface area contributed by atoms with E-state index in [0.29, 0.717) is 22.9 Å². The lowest BCUT2D eigenvalue weighted by atomic mass is 10.1. The number of aryl methyl sites for hydroxylation is 3. The number of furan rings is 1. The largest absolute Gasteiger partial charge is 0.454 e. The molecule has 0 fully saturated rings. The lowest BCUT2D eigenvalue weighted by Crippen LogP contribution is -2.41. The minimum Gasteiger partial charge on any atom is -0.454 e. The molecule has 31 heavy (non-hydrogen) atoms. The van der Waals surface area contributed by atoms with Gasteiger partial charge in [-0.25, -0.2) is 4.98 Å². The third-order valence-corrected chi connectivity index (χ3v) is 6.25. The van der Waals surface area contributed by atoms with Crippen LogP contribution in [0.2, 0.25) is 0 Å². The zero-order valence-electron chi connectivity index (χ0n) is 18.5. The third-order valence-electron chi connectivity index (χ3n) is 5.06. The molecular formula is C23H28N4O3S. The van der Waals surface area contributed by atoms with Crippen LogP contribution in [0, 0.1) is 20.8 Å². The number of hydrazine groups is 1. The van der Waals surface area contributed by atoms with E-state index < -0.39 is 11.8 Å². The molecule has 0 saturated heterocycles. The molecule has 2 heterocycles. The molecule has 0 aliphatic heterocycles. The Bertz CT molecular complexity index is 1080. The fourth-order valence-corrected chi connectivity index (χ4v) is 4.31. The molecule has 0 bridgehead atoms. The van der Waals surface area contributed by atoms with Gasteiger partial charge in [-0.3, -0.25) is 25.3 Å². The number of hydrogen-bond donors (Lipinski definition) is 2. The highest BCUT2D eigenvalue weighted by Crippen LogP contribution is 2.30. The van der Waals surface area contributed by atoms with Crippen molar-refractivity contribution in [1.29, 1.82) is 0 Å². The second-order valence-electron chi connectivity index (χ2n) is 7.39. The van der Waals surface area contributed by atoms with Gasteiger partial charge in [-0.2, -0.15) is 0 Å². The zero-order valence-corrected chi connectivity index (χ0v) is 19.4. The summed E-state index contributed by atoms with van der Waals surface area (Å²) in [4.78, 5) is 32.2. The standard InChI is InChI=1S/C23H28N4O3S/c1-6-27(7-2)13-17-9-11-19(30-17)21(28)25-26-22(29)20-16(5)24-23(31-20)18-10-8-14(3)12-15(18)4/h8-12H,6-7,13H2,1-5H3,(H,25,28)(H,26,29). The second-order valence-corrected chi connectivity index (χ2v) is 8.39. The van der Waals surface area contributed by atoms with E-state index in [1.807, 2.05) is 26.0 Å². The van der Waals surface area contributed by atoms with E-state index in [9.17, 15) is 9.59 Å². The average molecular weight is 441 g/mol. The number of benzene rings is 1. The molecule has 0 radical (unpaired) electrons. The highest BCUT2D eigenvalue weighted by atomic mass is 32.1. The fraction of sp³-hybridized carbons (Fsp3) is 0.348. The van der Waals surface area contributed by atoms with Crippen LogP contribution in [0.5, 0.6) is 0 Å². The molecule has 7 nitrogen and oxygen atoms in total. The van der Waals surface area contributed by atoms with Crippen LogP contribution in [0.15, 0.2) is 34.7 Å². The third kappa shape index (κ3) is 5.39. The number of thiazole rings is 1. The smallest absolute Gasteiger partial charge is 0.305 e. The minimum atomic E-state index is -0.504. The van der Waals surface area contributed by atoms with Crippen molar-refractivity contribution in [1.82, 2.24) is 20.7 Å². The number of nitrogens with one attached hydrogen (secondary N) is 2. The van der Waals surface area contributed by atoms with E-state index in [2.05, 4.69) is 40.6 Å². The molecule has 2 N–H and O–H groups in total. The van der Waals surface area contributed by atoms with Gasteiger partial charge in [0.15, 0.2) is 5.76 Å². The molecule has 0 aliphatic carbocycles. The molecule has 3 aromatic rings. The van der Waals surface area contributed by atoms with E-state index in [-0.39, 0.29) is 5.76 Å². The Labute approximate surface area is 186 Å². The van der Waals surface area contributed by atoms with Crippen LogP contribution >= 0.6 is 11.3 Å². The maximum absolute atomic E-state index is 12.6. The summed E-state index contributed by atoms with van der Waals surface area (Å²) in [7, 11) is 0. The first kappa shape index (κ1) is 22.7. The molecule has 2 amide bonds. The summed E-state index contributed by atoms with van der Waals surface area (Å²) in [5, 5.41) is 0.776. The number of rotatable bonds is 7. The molecule has 8 heteroatoms. The van der Waals surface area contributed by atoms with Crippen molar-refractivity contribution < 1.29 is 14.0 Å². The predicted octanol–water partition coefficient (Wildman–Crippen LogP) is 4.24. The van der Waals surface area contributed by atoms with Crippen LogP contribution in [-0.2, 0) is 6.54 Å². The van der Waals surface area contributed by atoms with Crippen LogP contribution in [0.4, 0.5) is 0 Å². The lowest BCUT2D eigenvalue weighted by molar-refractivity contribution is 0.0830. The van der Waals surface area contributed by atoms with Gasteiger partial charge >= 0.3 is 5.91 Å². The zero-order chi connectivity index (χ0) is 22.5. The van der Waals surface area contributed by atoms with Gasteiger partial charge in [0.25, 0.3) is 5.91 Å². The maximum atomic E-state index is 12.6. The molecule has 164 valence electrons. The van der Waals surface area contributed by atoms with Crippen molar-refractivity contribution in [2.75, 3.05) is 13.1 Å². The molecule has 1 aromatic carbocycles. The first-order valence-electron chi connectivity index (χ1n) is 10.3. The fourth-order valence-electron chi connectivity index (χ4n) is 3.26. The van der Waals surface area contributed by atoms with Crippen molar-refractivity contribution in [3.8, 4) is 10.6 Å². The van der Waals surface area contributed by atoms with E-state index in [1.165, 1.54) is 16.9 Å². The predicted molar refractivity (Wildman–Crippen MR) is 122 cm³/mol. The van der Waals surface area contributed by atoms with Gasteiger partial charge in [-0.05, 0) is 51.6 Å². The Morgan fingerprint density at radius 3 is 2.42 bits per heavy atom. The van der Waals surface area contributed by atoms with Crippen LogP contribution < -0.4 is 10.9 Å². The van der Waals surface area contributed by atoms with Gasteiger partial charge in [-0.15, -0.1) is 11.3 Å². The molecule has 0 atom stereocenters. The van der Waals surface area contributed by atoms with Crippen LogP contribution in [-0.4, -0.2) is 34.8 Å². The number of carbonyl (C=O) groups excluding carboxylic acids is 2. The van der Waals surface area contributed by atoms with Crippen molar-refractivity contribution in [3.63, 3.8) is 0 Å². The van der Waals surface area contributed by atoms with Crippen molar-refractivity contribution in [2.24, 2.45) is 0 Å². The van der Waals surface area contributed by atoms with Crippen LogP contribution in [0.25, 0.3) is 10.6 Å². The van der Waals surface area contributed by atoms with E-state index in [1.54, 1.807) is 19.1 Å². The van der Waals surface area contributed by atoms with Crippen molar-refractivity contribution in [3.05, 3.63) is 63.6 Å². The number of amides is 2. The van der Waals surface area contributed by atoms with Gasteiger partial charge in [-0.1, -0.05) is 37.6 Å². The quantitative estimate of drug-likeness (QED) is 0.537. The van der Waals surface area contributed by atoms with E-state index >= 15 is 0 Å². The van der Waals surface area contributed by atoms with Gasteiger partial charge in [0.2, 0.25) is 0 Å². The van der Waals surface area contributed by atoms with Gasteiger partial charge in [0.1, 0.15) is 15.6 Å². The Morgan fingerprint density at radius 1 is 1.03 bits per heavy atom. The number of nitrogens with zero attached hydrogens (tertiary/aromatic N) is 2. The number of aromatic nitrogens is 1. The summed E-state index contributed by atoms with van der Waals surface area (Å²) < 4.78 is 5.61. The topological polar surface area (TPSA) is 87.5 Å². The summed E-state index contributed by atoms with van der Waals surface area (Å²) in [6.07, 6.45) is 0. The Morgan fingerprint density at radius 2 is 1.74 bits per heavy atom. The van der Waals surface area contributed by atoms with Crippen molar-refractivity contribution in [2.45, 2.75) is 41.2 Å². The SMILES string of the molecule is CCN(CC)Cc1ccc(C(=O)NNC(=O)c2sc(-c3ccc(C)cc3C)nc2C)o1. The maximum Gasteiger partial charge on any atom is 0.305 e. The summed E-state index contributed by atoms with van der Waals surface area (Å²) in [6.45, 7) is 12.4. The Hall–Kier alpha value is -2.97. The average Bonchev–Trinajstić information content (AvgIpc) is 3.36. The highest BCUT2D eigenvalue weighted by Gasteiger charge is 2.19. The summed E-state index contributed by atoms with van der Waals surface area (Å²) in [6, 6.07) is 9.51. The Balaban J connectivity index is 1.64. The van der Waals surface area contributed by atoms with Crippen LogP contribution in [0.1, 0.15) is 56.7 Å². The first-order chi connectivity index (χ1) is 14.8. The van der Waals surface area contributed by atoms with Crippen molar-refractivity contribution >= 4 is 23.2 Å². The second kappa shape index (κ2) is 9.89. The van der Waals surface area contributed by atoms with E-state index in [0.717, 1.165) is 29.2 Å². The first-order valence-corrected chi connectivity index (χ1v) is 11.1. The lowest BCUT2D eigenvalue weighted by Gasteiger charge is -2.15. The molecule has 0 spiro atoms. The van der Waals surface area contributed by atoms with Gasteiger partial charge in [0.05, 0.1) is 12.2 Å². The summed E-state index contributed by atoms with van der Waals surface area (Å²) >= 11 is 1.30. The minimum absolute atomic E-state index is 0.152. The molecule has 0 unspecified atom stereocenters. The van der Waals surface area contributed by atoms with E-state index in [4.69, 9.17) is 4.42 Å². The number of hydrogen-bond acceptors (Lipinski definition) is 6. The number of carbonyl (C=O) groups is 2. The summed E-state index contributed by atoms with van der Waals surface area (Å²) in [5.41, 5.74) is 8.77. The van der Waals surface area contributed by atoms with Gasteiger partial charge in [0, 0.05) is 5.56 Å². The molecule has 2 aromatic heterocycles. The monoisotopic (exact) mass is 440 g/mol. The Kier molecular flexibility index (Phi) is 7.25. The highest BCUT2D eigenvalue weighted by molar-refractivity contribution is 7.17. The van der Waals surface area contributed by atoms with Gasteiger partial charge < -0.3 is 4.42 Å². The molecule has 0 saturated carbocycles. The molecule has 0 aliphatic rings. The summed E-state index contributed by atoms with van der Waals surface area (Å²) in [5.74, 6) is -0.0544. The van der Waals surface area contributed by atoms with Crippen LogP contribution in [0.3, 0.4) is 0 Å². The molecular weight excluding hydrogens is 412 g/mol. The molecule has 3 rings (SSSR count).